The Labute approximate surface area is 123 Å². The van der Waals surface area contributed by atoms with Gasteiger partial charge >= 0.3 is 0 Å². The Hall–Kier alpha value is -1.38. The van der Waals surface area contributed by atoms with E-state index < -0.39 is 10.0 Å². The molecule has 1 heterocycles. The smallest absolute Gasteiger partial charge is 0.266 e. The Morgan fingerprint density at radius 1 is 1.26 bits per heavy atom. The second kappa shape index (κ2) is 5.32. The number of nitrogens with zero attached hydrogens (tertiary/aromatic N) is 2. The molecule has 6 nitrogen and oxygen atoms in total. The highest BCUT2D eigenvalue weighted by atomic mass is 79.9. The quantitative estimate of drug-likeness (QED) is 0.815. The normalized spacial score (nSPS) is 11.3. The summed E-state index contributed by atoms with van der Waals surface area (Å²) in [6.45, 7) is 0. The molecule has 0 unspecified atom stereocenters. The van der Waals surface area contributed by atoms with Gasteiger partial charge in [0.1, 0.15) is 9.50 Å². The molecule has 3 N–H and O–H groups in total. The molecule has 0 saturated carbocycles. The van der Waals surface area contributed by atoms with E-state index in [1.165, 1.54) is 24.5 Å². The van der Waals surface area contributed by atoms with E-state index in [2.05, 4.69) is 30.6 Å². The van der Waals surface area contributed by atoms with Gasteiger partial charge in [-0.15, -0.1) is 0 Å². The van der Waals surface area contributed by atoms with Gasteiger partial charge in [0.2, 0.25) is 0 Å². The van der Waals surface area contributed by atoms with E-state index in [0.29, 0.717) is 4.60 Å². The standard InChI is InChI=1S/C10H8BrClN4O2S/c11-8-4-15-9(5-14-8)16-19(17,18)10-6(12)2-1-3-7(10)13/h1-5H,13H2,(H,15,16). The lowest BCUT2D eigenvalue weighted by molar-refractivity contribution is 0.601. The topological polar surface area (TPSA) is 98.0 Å². The SMILES string of the molecule is Nc1cccc(Cl)c1S(=O)(=O)Nc1cnc(Br)cn1. The lowest BCUT2D eigenvalue weighted by Gasteiger charge is -2.10. The van der Waals surface area contributed by atoms with E-state index in [-0.39, 0.29) is 21.4 Å². The van der Waals surface area contributed by atoms with Crippen LogP contribution in [0.25, 0.3) is 0 Å². The van der Waals surface area contributed by atoms with E-state index >= 15 is 0 Å². The summed E-state index contributed by atoms with van der Waals surface area (Å²) in [5.74, 6) is 0.0718. The highest BCUT2D eigenvalue weighted by molar-refractivity contribution is 9.10. The Kier molecular flexibility index (Phi) is 3.93. The first-order valence-electron chi connectivity index (χ1n) is 4.94. The molecule has 1 aromatic carbocycles. The van der Waals surface area contributed by atoms with Crippen LogP contribution in [0.5, 0.6) is 0 Å². The Morgan fingerprint density at radius 3 is 2.58 bits per heavy atom. The fourth-order valence-corrected chi connectivity index (χ4v) is 3.24. The second-order valence-corrected chi connectivity index (χ2v) is 6.33. The molecule has 9 heteroatoms. The molecule has 0 aliphatic carbocycles. The average Bonchev–Trinajstić information content (AvgIpc) is 2.31. The van der Waals surface area contributed by atoms with Crippen molar-refractivity contribution in [2.75, 3.05) is 10.5 Å². The summed E-state index contributed by atoms with van der Waals surface area (Å²) in [5, 5.41) is 0.0394. The first-order chi connectivity index (χ1) is 8.90. The highest BCUT2D eigenvalue weighted by Crippen LogP contribution is 2.28. The number of sulfonamides is 1. The molecule has 0 fully saturated rings. The Balaban J connectivity index is 2.41. The second-order valence-electron chi connectivity index (χ2n) is 3.49. The van der Waals surface area contributed by atoms with Crippen LogP contribution in [-0.2, 0) is 10.0 Å². The first kappa shape index (κ1) is 14.0. The van der Waals surface area contributed by atoms with E-state index in [9.17, 15) is 8.42 Å². The molecule has 0 bridgehead atoms. The van der Waals surface area contributed by atoms with Gasteiger partial charge in [-0.25, -0.2) is 18.4 Å². The van der Waals surface area contributed by atoms with Crippen molar-refractivity contribution in [1.29, 1.82) is 0 Å². The van der Waals surface area contributed by atoms with Gasteiger partial charge in [-0.05, 0) is 28.1 Å². The minimum Gasteiger partial charge on any atom is -0.398 e. The largest absolute Gasteiger partial charge is 0.398 e. The van der Waals surface area contributed by atoms with E-state index in [4.69, 9.17) is 17.3 Å². The number of nitrogens with one attached hydrogen (secondary N) is 1. The van der Waals surface area contributed by atoms with Crippen LogP contribution in [0.15, 0.2) is 40.1 Å². The number of benzene rings is 1. The molecular weight excluding hydrogens is 356 g/mol. The number of hydrogen-bond donors (Lipinski definition) is 2. The Morgan fingerprint density at radius 2 is 2.00 bits per heavy atom. The van der Waals surface area contributed by atoms with Crippen molar-refractivity contribution >= 4 is 49.1 Å². The molecule has 2 aromatic rings. The maximum absolute atomic E-state index is 12.2. The van der Waals surface area contributed by atoms with Crippen molar-refractivity contribution in [3.05, 3.63) is 40.2 Å². The molecule has 19 heavy (non-hydrogen) atoms. The molecule has 0 amide bonds. The van der Waals surface area contributed by atoms with Crippen LogP contribution in [0.4, 0.5) is 11.5 Å². The van der Waals surface area contributed by atoms with Gasteiger partial charge in [0.25, 0.3) is 10.0 Å². The van der Waals surface area contributed by atoms with Crippen LogP contribution in [0.1, 0.15) is 0 Å². The average molecular weight is 364 g/mol. The number of rotatable bonds is 3. The predicted octanol–water partition coefficient (Wildman–Crippen LogP) is 2.28. The van der Waals surface area contributed by atoms with Crippen LogP contribution in [0, 0.1) is 0 Å². The summed E-state index contributed by atoms with van der Waals surface area (Å²) in [7, 11) is -3.91. The number of nitrogen functional groups attached to an aromatic ring is 1. The van der Waals surface area contributed by atoms with Crippen LogP contribution >= 0.6 is 27.5 Å². The maximum Gasteiger partial charge on any atom is 0.266 e. The minimum atomic E-state index is -3.91. The summed E-state index contributed by atoms with van der Waals surface area (Å²) < 4.78 is 27.1. The third kappa shape index (κ3) is 3.14. The zero-order chi connectivity index (χ0) is 14.0. The molecule has 0 radical (unpaired) electrons. The molecule has 100 valence electrons. The number of anilines is 2. The lowest BCUT2D eigenvalue weighted by Crippen LogP contribution is -2.16. The summed E-state index contributed by atoms with van der Waals surface area (Å²) in [6, 6.07) is 4.46. The fourth-order valence-electron chi connectivity index (χ4n) is 1.36. The van der Waals surface area contributed by atoms with Gasteiger partial charge in [0.15, 0.2) is 5.82 Å². The van der Waals surface area contributed by atoms with Gasteiger partial charge in [-0.2, -0.15) is 0 Å². The van der Waals surface area contributed by atoms with Gasteiger partial charge in [0, 0.05) is 0 Å². The zero-order valence-electron chi connectivity index (χ0n) is 9.34. The molecule has 2 rings (SSSR count). The van der Waals surface area contributed by atoms with Crippen molar-refractivity contribution in [2.24, 2.45) is 0 Å². The van der Waals surface area contributed by atoms with Gasteiger partial charge in [-0.3, -0.25) is 4.72 Å². The van der Waals surface area contributed by atoms with Gasteiger partial charge in [0.05, 0.1) is 23.1 Å². The van der Waals surface area contributed by atoms with Gasteiger partial charge in [-0.1, -0.05) is 17.7 Å². The number of halogens is 2. The van der Waals surface area contributed by atoms with Crippen molar-refractivity contribution in [1.82, 2.24) is 9.97 Å². The number of hydrogen-bond acceptors (Lipinski definition) is 5. The van der Waals surface area contributed by atoms with E-state index in [1.807, 2.05) is 0 Å². The fraction of sp³-hybridized carbons (Fsp3) is 0. The molecular formula is C10H8BrClN4O2S. The summed E-state index contributed by atoms with van der Waals surface area (Å²) in [6.07, 6.45) is 2.64. The number of aromatic nitrogens is 2. The van der Waals surface area contributed by atoms with Gasteiger partial charge < -0.3 is 5.73 Å². The monoisotopic (exact) mass is 362 g/mol. The third-order valence-electron chi connectivity index (χ3n) is 2.13. The molecule has 1 aromatic heterocycles. The molecule has 0 aliphatic rings. The summed E-state index contributed by atoms with van der Waals surface area (Å²) >= 11 is 8.96. The summed E-state index contributed by atoms with van der Waals surface area (Å²) in [4.78, 5) is 7.55. The first-order valence-corrected chi connectivity index (χ1v) is 7.60. The van der Waals surface area contributed by atoms with Crippen LogP contribution in [0.2, 0.25) is 5.02 Å². The van der Waals surface area contributed by atoms with Crippen molar-refractivity contribution < 1.29 is 8.42 Å². The zero-order valence-corrected chi connectivity index (χ0v) is 12.5. The molecule has 0 aliphatic heterocycles. The third-order valence-corrected chi connectivity index (χ3v) is 4.43. The van der Waals surface area contributed by atoms with E-state index in [0.717, 1.165) is 0 Å². The van der Waals surface area contributed by atoms with E-state index in [1.54, 1.807) is 6.07 Å². The molecule has 0 atom stereocenters. The van der Waals surface area contributed by atoms with Crippen LogP contribution < -0.4 is 10.5 Å². The summed E-state index contributed by atoms with van der Waals surface area (Å²) in [5.41, 5.74) is 5.70. The lowest BCUT2D eigenvalue weighted by atomic mass is 10.3. The van der Waals surface area contributed by atoms with Crippen molar-refractivity contribution in [3.63, 3.8) is 0 Å². The number of nitrogens with two attached hydrogens (primary N) is 1. The molecule has 0 spiro atoms. The molecule has 0 saturated heterocycles. The van der Waals surface area contributed by atoms with Crippen molar-refractivity contribution in [3.8, 4) is 0 Å². The van der Waals surface area contributed by atoms with Crippen molar-refractivity contribution in [2.45, 2.75) is 4.90 Å². The Bertz CT molecular complexity index is 686. The minimum absolute atomic E-state index is 0.0394. The highest BCUT2D eigenvalue weighted by Gasteiger charge is 2.21. The van der Waals surface area contributed by atoms with Crippen LogP contribution in [-0.4, -0.2) is 18.4 Å². The maximum atomic E-state index is 12.2. The predicted molar refractivity (Wildman–Crippen MR) is 76.4 cm³/mol. The van der Waals surface area contributed by atoms with Crippen LogP contribution in [0.3, 0.4) is 0 Å².